The van der Waals surface area contributed by atoms with E-state index >= 15 is 0 Å². The van der Waals surface area contributed by atoms with Crippen molar-refractivity contribution in [1.82, 2.24) is 4.98 Å². The lowest BCUT2D eigenvalue weighted by molar-refractivity contribution is 0.393. The smallest absolute Gasteiger partial charge is 0.122 e. The number of hydrogen-bond acceptors (Lipinski definition) is 4. The minimum Gasteiger partial charge on any atom is -0.497 e. The van der Waals surface area contributed by atoms with E-state index in [1.807, 2.05) is 38.1 Å². The highest BCUT2D eigenvalue weighted by atomic mass is 16.5. The van der Waals surface area contributed by atoms with Crippen molar-refractivity contribution in [2.45, 2.75) is 20.4 Å². The van der Waals surface area contributed by atoms with Crippen LogP contribution in [0.5, 0.6) is 11.5 Å². The van der Waals surface area contributed by atoms with E-state index in [1.54, 1.807) is 14.2 Å². The van der Waals surface area contributed by atoms with Gasteiger partial charge in [-0.15, -0.1) is 0 Å². The summed E-state index contributed by atoms with van der Waals surface area (Å²) in [6.07, 6.45) is 0. The molecule has 0 saturated carbocycles. The zero-order chi connectivity index (χ0) is 14.5. The lowest BCUT2D eigenvalue weighted by atomic mass is 10.2. The van der Waals surface area contributed by atoms with Crippen LogP contribution in [0.4, 0.5) is 5.69 Å². The number of aromatic nitrogens is 1. The molecule has 0 aliphatic heterocycles. The third-order valence-electron chi connectivity index (χ3n) is 3.12. The second-order valence-electron chi connectivity index (χ2n) is 4.66. The van der Waals surface area contributed by atoms with E-state index < -0.39 is 0 Å². The first-order chi connectivity index (χ1) is 9.62. The molecule has 1 aromatic carbocycles. The molecule has 0 saturated heterocycles. The first-order valence-corrected chi connectivity index (χ1v) is 6.52. The number of aryl methyl sites for hydroxylation is 2. The van der Waals surface area contributed by atoms with Gasteiger partial charge in [0.2, 0.25) is 0 Å². The van der Waals surface area contributed by atoms with Crippen LogP contribution >= 0.6 is 0 Å². The average Bonchev–Trinajstić information content (AvgIpc) is 2.46. The fourth-order valence-electron chi connectivity index (χ4n) is 2.04. The van der Waals surface area contributed by atoms with Gasteiger partial charge < -0.3 is 14.8 Å². The normalized spacial score (nSPS) is 10.2. The standard InChI is InChI=1S/C16H20N2O2/c1-11-5-6-16(12(2)18-11)17-10-13-7-14(19-3)9-15(8-13)20-4/h5-9,17H,10H2,1-4H3. The van der Waals surface area contributed by atoms with Crippen molar-refractivity contribution in [3.8, 4) is 11.5 Å². The maximum absolute atomic E-state index is 5.27. The second-order valence-corrected chi connectivity index (χ2v) is 4.66. The minimum absolute atomic E-state index is 0.694. The number of methoxy groups -OCH3 is 2. The molecule has 0 spiro atoms. The van der Waals surface area contributed by atoms with Crippen molar-refractivity contribution in [2.24, 2.45) is 0 Å². The molecule has 1 N–H and O–H groups in total. The van der Waals surface area contributed by atoms with Crippen molar-refractivity contribution >= 4 is 5.69 Å². The third kappa shape index (κ3) is 3.41. The van der Waals surface area contributed by atoms with Crippen LogP contribution in [0.2, 0.25) is 0 Å². The summed E-state index contributed by atoms with van der Waals surface area (Å²) >= 11 is 0. The van der Waals surface area contributed by atoms with Gasteiger partial charge >= 0.3 is 0 Å². The minimum atomic E-state index is 0.694. The van der Waals surface area contributed by atoms with E-state index in [4.69, 9.17) is 9.47 Å². The van der Waals surface area contributed by atoms with Crippen LogP contribution in [0, 0.1) is 13.8 Å². The van der Waals surface area contributed by atoms with E-state index in [9.17, 15) is 0 Å². The molecule has 106 valence electrons. The molecular formula is C16H20N2O2. The van der Waals surface area contributed by atoms with Crippen LogP contribution in [0.15, 0.2) is 30.3 Å². The molecule has 0 amide bonds. The van der Waals surface area contributed by atoms with E-state index in [1.165, 1.54) is 0 Å². The van der Waals surface area contributed by atoms with Gasteiger partial charge in [0.25, 0.3) is 0 Å². The predicted octanol–water partition coefficient (Wildman–Crippen LogP) is 3.33. The van der Waals surface area contributed by atoms with Gasteiger partial charge in [0.15, 0.2) is 0 Å². The molecule has 4 heteroatoms. The Morgan fingerprint density at radius 1 is 1.00 bits per heavy atom. The molecule has 0 unspecified atom stereocenters. The SMILES string of the molecule is COc1cc(CNc2ccc(C)nc2C)cc(OC)c1. The maximum atomic E-state index is 5.27. The first kappa shape index (κ1) is 14.2. The number of hydrogen-bond donors (Lipinski definition) is 1. The summed E-state index contributed by atoms with van der Waals surface area (Å²) in [6, 6.07) is 9.90. The first-order valence-electron chi connectivity index (χ1n) is 6.52. The zero-order valence-electron chi connectivity index (χ0n) is 12.4. The number of pyridine rings is 1. The number of anilines is 1. The van der Waals surface area contributed by atoms with E-state index in [0.717, 1.165) is 34.1 Å². The van der Waals surface area contributed by atoms with Crippen molar-refractivity contribution in [1.29, 1.82) is 0 Å². The summed E-state index contributed by atoms with van der Waals surface area (Å²) in [5.74, 6) is 1.58. The molecule has 1 heterocycles. The molecule has 0 bridgehead atoms. The van der Waals surface area contributed by atoms with Crippen molar-refractivity contribution in [3.63, 3.8) is 0 Å². The Balaban J connectivity index is 2.13. The summed E-state index contributed by atoms with van der Waals surface area (Å²) in [5, 5.41) is 3.39. The second kappa shape index (κ2) is 6.28. The molecule has 0 aliphatic rings. The van der Waals surface area contributed by atoms with Gasteiger partial charge in [-0.3, -0.25) is 4.98 Å². The monoisotopic (exact) mass is 272 g/mol. The summed E-state index contributed by atoms with van der Waals surface area (Å²) in [6.45, 7) is 4.68. The third-order valence-corrected chi connectivity index (χ3v) is 3.12. The van der Waals surface area contributed by atoms with Crippen LogP contribution in [-0.4, -0.2) is 19.2 Å². The molecule has 4 nitrogen and oxygen atoms in total. The Hall–Kier alpha value is -2.23. The Labute approximate surface area is 119 Å². The molecule has 20 heavy (non-hydrogen) atoms. The topological polar surface area (TPSA) is 43.4 Å². The van der Waals surface area contributed by atoms with Crippen LogP contribution in [-0.2, 0) is 6.54 Å². The molecule has 2 rings (SSSR count). The molecule has 0 atom stereocenters. The van der Waals surface area contributed by atoms with Gasteiger partial charge in [0.05, 0.1) is 25.6 Å². The highest BCUT2D eigenvalue weighted by Crippen LogP contribution is 2.23. The molecule has 0 radical (unpaired) electrons. The Kier molecular flexibility index (Phi) is 4.45. The zero-order valence-corrected chi connectivity index (χ0v) is 12.4. The van der Waals surface area contributed by atoms with Crippen LogP contribution in [0.25, 0.3) is 0 Å². The van der Waals surface area contributed by atoms with E-state index in [2.05, 4.69) is 16.4 Å². The van der Waals surface area contributed by atoms with Crippen molar-refractivity contribution in [2.75, 3.05) is 19.5 Å². The fraction of sp³-hybridized carbons (Fsp3) is 0.312. The quantitative estimate of drug-likeness (QED) is 0.906. The van der Waals surface area contributed by atoms with Gasteiger partial charge in [-0.25, -0.2) is 0 Å². The lowest BCUT2D eigenvalue weighted by Crippen LogP contribution is -2.03. The van der Waals surface area contributed by atoms with Gasteiger partial charge in [0, 0.05) is 18.3 Å². The van der Waals surface area contributed by atoms with Crippen LogP contribution in [0.1, 0.15) is 17.0 Å². The van der Waals surface area contributed by atoms with Crippen LogP contribution in [0.3, 0.4) is 0 Å². The Bertz CT molecular complexity index is 575. The van der Waals surface area contributed by atoms with Gasteiger partial charge in [-0.1, -0.05) is 0 Å². The van der Waals surface area contributed by atoms with E-state index in [0.29, 0.717) is 6.54 Å². The number of ether oxygens (including phenoxy) is 2. The maximum Gasteiger partial charge on any atom is 0.122 e. The van der Waals surface area contributed by atoms with Crippen molar-refractivity contribution < 1.29 is 9.47 Å². The fourth-order valence-corrected chi connectivity index (χ4v) is 2.04. The number of benzene rings is 1. The van der Waals surface area contributed by atoms with E-state index in [-0.39, 0.29) is 0 Å². The van der Waals surface area contributed by atoms with Gasteiger partial charge in [-0.05, 0) is 43.7 Å². The Morgan fingerprint density at radius 2 is 1.65 bits per heavy atom. The molecule has 0 fully saturated rings. The summed E-state index contributed by atoms with van der Waals surface area (Å²) in [4.78, 5) is 4.44. The summed E-state index contributed by atoms with van der Waals surface area (Å²) < 4.78 is 10.5. The predicted molar refractivity (Wildman–Crippen MR) is 80.6 cm³/mol. The number of nitrogens with zero attached hydrogens (tertiary/aromatic N) is 1. The Morgan fingerprint density at radius 3 is 2.20 bits per heavy atom. The average molecular weight is 272 g/mol. The molecule has 2 aromatic rings. The summed E-state index contributed by atoms with van der Waals surface area (Å²) in [7, 11) is 3.31. The highest BCUT2D eigenvalue weighted by molar-refractivity contribution is 5.49. The molecule has 1 aromatic heterocycles. The highest BCUT2D eigenvalue weighted by Gasteiger charge is 2.04. The molecule has 0 aliphatic carbocycles. The van der Waals surface area contributed by atoms with Crippen molar-refractivity contribution in [3.05, 3.63) is 47.3 Å². The summed E-state index contributed by atoms with van der Waals surface area (Å²) in [5.41, 5.74) is 4.16. The van der Waals surface area contributed by atoms with Crippen LogP contribution < -0.4 is 14.8 Å². The lowest BCUT2D eigenvalue weighted by Gasteiger charge is -2.12. The van der Waals surface area contributed by atoms with Gasteiger partial charge in [-0.2, -0.15) is 0 Å². The number of rotatable bonds is 5. The molecular weight excluding hydrogens is 252 g/mol. The van der Waals surface area contributed by atoms with Gasteiger partial charge in [0.1, 0.15) is 11.5 Å². The largest absolute Gasteiger partial charge is 0.497 e. The number of nitrogens with one attached hydrogen (secondary N) is 1.